The zero-order valence-corrected chi connectivity index (χ0v) is 17.4. The molecular weight excluding hydrogens is 362 g/mol. The van der Waals surface area contributed by atoms with Gasteiger partial charge in [0, 0.05) is 18.5 Å². The molecule has 2 aromatic rings. The molecule has 1 amide bonds. The zero-order chi connectivity index (χ0) is 20.4. The van der Waals surface area contributed by atoms with Crippen LogP contribution in [0.3, 0.4) is 0 Å². The van der Waals surface area contributed by atoms with Crippen molar-refractivity contribution in [2.45, 2.75) is 63.5 Å². The molecule has 1 aliphatic heterocycles. The van der Waals surface area contributed by atoms with Crippen LogP contribution in [-0.2, 0) is 4.79 Å². The normalized spacial score (nSPS) is 27.3. The summed E-state index contributed by atoms with van der Waals surface area (Å²) < 4.78 is 0. The van der Waals surface area contributed by atoms with Gasteiger partial charge in [-0.2, -0.15) is 0 Å². The molecule has 0 unspecified atom stereocenters. The number of nitrogens with zero attached hydrogens (tertiary/aromatic N) is 2. The molecule has 6 heteroatoms. The van der Waals surface area contributed by atoms with E-state index in [0.29, 0.717) is 12.0 Å². The number of likely N-dealkylation sites (N-methyl/N-ethyl adjacent to an activating group) is 1. The summed E-state index contributed by atoms with van der Waals surface area (Å²) in [5.74, 6) is 1.67. The number of aromatic nitrogens is 1. The molecule has 1 aromatic heterocycles. The Hall–Kier alpha value is -2.63. The van der Waals surface area contributed by atoms with E-state index < -0.39 is 5.54 Å². The highest BCUT2D eigenvalue weighted by Gasteiger charge is 2.48. The molecule has 4 rings (SSSR count). The molecule has 29 heavy (non-hydrogen) atoms. The number of hydrogen-bond donors (Lipinski definition) is 3. The number of benzene rings is 1. The molecule has 6 nitrogen and oxygen atoms in total. The van der Waals surface area contributed by atoms with Crippen molar-refractivity contribution in [1.82, 2.24) is 15.2 Å². The van der Waals surface area contributed by atoms with E-state index in [4.69, 9.17) is 10.4 Å². The van der Waals surface area contributed by atoms with Gasteiger partial charge in [0.15, 0.2) is 5.96 Å². The van der Waals surface area contributed by atoms with E-state index in [1.165, 1.54) is 4.90 Å². The predicted octanol–water partition coefficient (Wildman–Crippen LogP) is 4.13. The Morgan fingerprint density at radius 2 is 2.10 bits per heavy atom. The highest BCUT2D eigenvalue weighted by molar-refractivity contribution is 6.07. The maximum Gasteiger partial charge on any atom is 0.254 e. The molecule has 3 atom stereocenters. The second-order valence-electron chi connectivity index (χ2n) is 8.64. The van der Waals surface area contributed by atoms with Gasteiger partial charge in [-0.1, -0.05) is 44.4 Å². The van der Waals surface area contributed by atoms with E-state index in [9.17, 15) is 4.79 Å². The third-order valence-electron chi connectivity index (χ3n) is 6.45. The molecule has 1 saturated carbocycles. The second kappa shape index (κ2) is 8.01. The standard InChI is InChI=1S/C23H31N5O/c1-3-13-23(21(29)28(2)22(24)27-23)15-16-7-6-9-18(14-16)25-20-12-11-17-8-4-5-10-19(17)26-20/h4-5,8,10-12,16,18H,3,6-7,9,13-15H2,1-2H3,(H2,24,27)(H,25,26)/t16-,18+,23+/m0/s1. The molecular formula is C23H31N5O. The van der Waals surface area contributed by atoms with Crippen LogP contribution in [0.1, 0.15) is 51.9 Å². The number of guanidine groups is 1. The summed E-state index contributed by atoms with van der Waals surface area (Å²) in [5, 5.41) is 16.1. The number of carbonyl (C=O) groups excluding carboxylic acids is 1. The van der Waals surface area contributed by atoms with E-state index in [0.717, 1.165) is 61.7 Å². The van der Waals surface area contributed by atoms with Crippen LogP contribution < -0.4 is 10.6 Å². The highest BCUT2D eigenvalue weighted by atomic mass is 16.2. The van der Waals surface area contributed by atoms with Crippen molar-refractivity contribution in [3.05, 3.63) is 36.4 Å². The molecule has 1 aliphatic carbocycles. The van der Waals surface area contributed by atoms with Crippen molar-refractivity contribution in [2.24, 2.45) is 5.92 Å². The van der Waals surface area contributed by atoms with Crippen molar-refractivity contribution in [3.63, 3.8) is 0 Å². The topological polar surface area (TPSA) is 81.1 Å². The number of pyridine rings is 1. The van der Waals surface area contributed by atoms with Gasteiger partial charge in [0.2, 0.25) is 0 Å². The average Bonchev–Trinajstić information content (AvgIpc) is 2.92. The first-order chi connectivity index (χ1) is 14.0. The van der Waals surface area contributed by atoms with Crippen LogP contribution >= 0.6 is 0 Å². The fraction of sp³-hybridized carbons (Fsp3) is 0.522. The molecule has 0 spiro atoms. The first kappa shape index (κ1) is 19.7. The quantitative estimate of drug-likeness (QED) is 0.689. The Labute approximate surface area is 172 Å². The molecule has 2 aliphatic rings. The van der Waals surface area contributed by atoms with Crippen LogP contribution in [0.15, 0.2) is 36.4 Å². The van der Waals surface area contributed by atoms with Gasteiger partial charge in [-0.3, -0.25) is 15.1 Å². The number of carbonyl (C=O) groups is 1. The number of anilines is 1. The lowest BCUT2D eigenvalue weighted by atomic mass is 9.76. The number of nitrogens with one attached hydrogen (secondary N) is 3. The predicted molar refractivity (Wildman–Crippen MR) is 117 cm³/mol. The molecule has 3 N–H and O–H groups in total. The smallest absolute Gasteiger partial charge is 0.254 e. The molecule has 1 saturated heterocycles. The second-order valence-corrected chi connectivity index (χ2v) is 8.64. The average molecular weight is 394 g/mol. The third-order valence-corrected chi connectivity index (χ3v) is 6.45. The number of rotatable bonds is 6. The van der Waals surface area contributed by atoms with Crippen molar-refractivity contribution >= 4 is 28.6 Å². The van der Waals surface area contributed by atoms with Gasteiger partial charge in [0.25, 0.3) is 5.91 Å². The van der Waals surface area contributed by atoms with Crippen molar-refractivity contribution < 1.29 is 4.79 Å². The number of hydrogen-bond acceptors (Lipinski definition) is 4. The van der Waals surface area contributed by atoms with E-state index in [-0.39, 0.29) is 11.9 Å². The lowest BCUT2D eigenvalue weighted by molar-refractivity contribution is -0.131. The Morgan fingerprint density at radius 1 is 1.28 bits per heavy atom. The minimum absolute atomic E-state index is 0.0515. The lowest BCUT2D eigenvalue weighted by Gasteiger charge is -2.36. The Kier molecular flexibility index (Phi) is 5.43. The maximum atomic E-state index is 12.9. The van der Waals surface area contributed by atoms with Crippen molar-refractivity contribution in [2.75, 3.05) is 12.4 Å². The van der Waals surface area contributed by atoms with Gasteiger partial charge >= 0.3 is 0 Å². The number of fused-ring (bicyclic) bond motifs is 1. The van der Waals surface area contributed by atoms with Gasteiger partial charge in [0.1, 0.15) is 11.4 Å². The van der Waals surface area contributed by atoms with E-state index >= 15 is 0 Å². The van der Waals surface area contributed by atoms with Gasteiger partial charge in [-0.05, 0) is 49.8 Å². The summed E-state index contributed by atoms with van der Waals surface area (Å²) in [6.45, 7) is 2.11. The van der Waals surface area contributed by atoms with E-state index in [2.05, 4.69) is 35.8 Å². The van der Waals surface area contributed by atoms with Crippen molar-refractivity contribution in [3.8, 4) is 0 Å². The number of amides is 1. The maximum absolute atomic E-state index is 12.9. The Bertz CT molecular complexity index is 913. The number of para-hydroxylation sites is 1. The van der Waals surface area contributed by atoms with Gasteiger partial charge in [-0.15, -0.1) is 0 Å². The SMILES string of the molecule is CCC[C@]1(C[C@H]2CCC[C@@H](Nc3ccc4ccccc4n3)C2)NC(=N)N(C)C1=O. The van der Waals surface area contributed by atoms with Crippen LogP contribution in [0, 0.1) is 11.3 Å². The Morgan fingerprint density at radius 3 is 2.86 bits per heavy atom. The summed E-state index contributed by atoms with van der Waals surface area (Å²) in [7, 11) is 1.70. The van der Waals surface area contributed by atoms with Crippen molar-refractivity contribution in [1.29, 1.82) is 5.41 Å². The van der Waals surface area contributed by atoms with Crippen LogP contribution in [0.2, 0.25) is 0 Å². The molecule has 0 radical (unpaired) electrons. The first-order valence-corrected chi connectivity index (χ1v) is 10.8. The van der Waals surface area contributed by atoms with Crippen LogP contribution in [0.4, 0.5) is 5.82 Å². The lowest BCUT2D eigenvalue weighted by Crippen LogP contribution is -2.49. The zero-order valence-electron chi connectivity index (χ0n) is 17.4. The largest absolute Gasteiger partial charge is 0.367 e. The van der Waals surface area contributed by atoms with Gasteiger partial charge < -0.3 is 10.6 Å². The fourth-order valence-electron chi connectivity index (χ4n) is 5.08. The van der Waals surface area contributed by atoms with E-state index in [1.807, 2.05) is 18.2 Å². The summed E-state index contributed by atoms with van der Waals surface area (Å²) >= 11 is 0. The summed E-state index contributed by atoms with van der Waals surface area (Å²) in [4.78, 5) is 19.1. The van der Waals surface area contributed by atoms with Crippen LogP contribution in [0.25, 0.3) is 10.9 Å². The molecule has 2 fully saturated rings. The van der Waals surface area contributed by atoms with Gasteiger partial charge in [0.05, 0.1) is 5.52 Å². The first-order valence-electron chi connectivity index (χ1n) is 10.8. The summed E-state index contributed by atoms with van der Waals surface area (Å²) in [5.41, 5.74) is 0.406. The molecule has 2 heterocycles. The molecule has 0 bridgehead atoms. The van der Waals surface area contributed by atoms with Gasteiger partial charge in [-0.25, -0.2) is 4.98 Å². The molecule has 1 aromatic carbocycles. The fourth-order valence-corrected chi connectivity index (χ4v) is 5.08. The minimum Gasteiger partial charge on any atom is -0.367 e. The monoisotopic (exact) mass is 393 g/mol. The van der Waals surface area contributed by atoms with E-state index in [1.54, 1.807) is 7.05 Å². The molecule has 154 valence electrons. The van der Waals surface area contributed by atoms with Crippen LogP contribution in [-0.4, -0.2) is 40.4 Å². The summed E-state index contributed by atoms with van der Waals surface area (Å²) in [6, 6.07) is 12.7. The Balaban J connectivity index is 1.44. The highest BCUT2D eigenvalue weighted by Crippen LogP contribution is 2.36. The third kappa shape index (κ3) is 3.93. The summed E-state index contributed by atoms with van der Waals surface area (Å²) in [6.07, 6.45) is 6.96. The minimum atomic E-state index is -0.603. The van der Waals surface area contributed by atoms with Crippen LogP contribution in [0.5, 0.6) is 0 Å².